The number of benzene rings is 1. The van der Waals surface area contributed by atoms with E-state index in [9.17, 15) is 4.79 Å². The van der Waals surface area contributed by atoms with Crippen LogP contribution in [-0.2, 0) is 4.84 Å². The maximum atomic E-state index is 12.8. The smallest absolute Gasteiger partial charge is 0.274 e. The summed E-state index contributed by atoms with van der Waals surface area (Å²) < 4.78 is 0. The summed E-state index contributed by atoms with van der Waals surface area (Å²) in [5, 5.41) is 11.7. The van der Waals surface area contributed by atoms with Gasteiger partial charge in [-0.25, -0.2) is 0 Å². The van der Waals surface area contributed by atoms with Gasteiger partial charge in [-0.1, -0.05) is 37.2 Å². The molecule has 2 aromatic rings. The molecule has 1 saturated heterocycles. The van der Waals surface area contributed by atoms with E-state index < -0.39 is 5.72 Å². The van der Waals surface area contributed by atoms with E-state index in [1.165, 1.54) is 0 Å². The summed E-state index contributed by atoms with van der Waals surface area (Å²) >= 11 is 0. The lowest BCUT2D eigenvalue weighted by atomic mass is 10.1. The minimum Gasteiger partial charge on any atom is -0.366 e. The molecule has 2 atom stereocenters. The molecule has 2 fully saturated rings. The summed E-state index contributed by atoms with van der Waals surface area (Å²) in [5.41, 5.74) is 2.09. The SMILES string of the molecule is CC(C)c1cc(C(=O)N2CC3C(C2)C3C2=NOC(C)(C)N2c2ccccc2)n[nH]1. The molecule has 0 bridgehead atoms. The minimum absolute atomic E-state index is 0.0176. The van der Waals surface area contributed by atoms with Gasteiger partial charge in [0.15, 0.2) is 5.84 Å². The number of oxime groups is 1. The number of aromatic amines is 1. The van der Waals surface area contributed by atoms with Crippen LogP contribution in [0, 0.1) is 17.8 Å². The topological polar surface area (TPSA) is 73.8 Å². The number of H-pyrrole nitrogens is 1. The summed E-state index contributed by atoms with van der Waals surface area (Å²) in [7, 11) is 0. The Hall–Kier alpha value is -2.83. The zero-order valence-electron chi connectivity index (χ0n) is 17.3. The van der Waals surface area contributed by atoms with Gasteiger partial charge in [0, 0.05) is 30.4 Å². The zero-order valence-corrected chi connectivity index (χ0v) is 17.3. The van der Waals surface area contributed by atoms with E-state index in [1.54, 1.807) is 0 Å². The third-order valence-corrected chi connectivity index (χ3v) is 6.36. The number of likely N-dealkylation sites (tertiary alicyclic amines) is 1. The largest absolute Gasteiger partial charge is 0.366 e. The fourth-order valence-electron chi connectivity index (χ4n) is 4.73. The lowest BCUT2D eigenvalue weighted by Crippen LogP contribution is -2.46. The molecular formula is C22H27N5O2. The highest BCUT2D eigenvalue weighted by Crippen LogP contribution is 2.55. The number of hydrogen-bond acceptors (Lipinski definition) is 5. The molecule has 0 spiro atoms. The number of piperidine rings is 1. The first kappa shape index (κ1) is 18.2. The number of aromatic nitrogens is 2. The number of rotatable bonds is 4. The number of carbonyl (C=O) groups is 1. The molecule has 5 rings (SSSR count). The van der Waals surface area contributed by atoms with Gasteiger partial charge in [-0.05, 0) is 49.8 Å². The predicted molar refractivity (Wildman–Crippen MR) is 111 cm³/mol. The van der Waals surface area contributed by atoms with Gasteiger partial charge < -0.3 is 9.74 Å². The first-order valence-corrected chi connectivity index (χ1v) is 10.3. The Morgan fingerprint density at radius 2 is 1.90 bits per heavy atom. The Morgan fingerprint density at radius 1 is 1.21 bits per heavy atom. The molecule has 1 aliphatic carbocycles. The standard InChI is InChI=1S/C22H27N5O2/c1-13(2)17-10-18(24-23-17)21(28)26-11-15-16(12-26)19(15)20-25-29-22(3,4)27(20)14-8-6-5-7-9-14/h5-10,13,15-16,19H,11-12H2,1-4H3,(H,23,24). The number of hydrogen-bond donors (Lipinski definition) is 1. The second kappa shape index (κ2) is 6.34. The molecule has 1 aromatic carbocycles. The molecule has 152 valence electrons. The van der Waals surface area contributed by atoms with Crippen LogP contribution in [0.4, 0.5) is 5.69 Å². The lowest BCUT2D eigenvalue weighted by molar-refractivity contribution is 0.0138. The number of nitrogens with one attached hydrogen (secondary N) is 1. The molecule has 1 N–H and O–H groups in total. The van der Waals surface area contributed by atoms with Crippen LogP contribution in [0.2, 0.25) is 0 Å². The molecule has 1 saturated carbocycles. The van der Waals surface area contributed by atoms with Crippen LogP contribution in [0.5, 0.6) is 0 Å². The average Bonchev–Trinajstić information content (AvgIpc) is 3.12. The summed E-state index contributed by atoms with van der Waals surface area (Å²) in [5.74, 6) is 2.54. The normalized spacial score (nSPS) is 27.1. The van der Waals surface area contributed by atoms with Crippen molar-refractivity contribution in [3.63, 3.8) is 0 Å². The third kappa shape index (κ3) is 2.91. The molecule has 29 heavy (non-hydrogen) atoms. The first-order chi connectivity index (χ1) is 13.9. The lowest BCUT2D eigenvalue weighted by Gasteiger charge is -2.32. The summed E-state index contributed by atoms with van der Waals surface area (Å²) in [4.78, 5) is 22.7. The molecular weight excluding hydrogens is 366 g/mol. The second-order valence-corrected chi connectivity index (χ2v) is 9.09. The van der Waals surface area contributed by atoms with E-state index in [-0.39, 0.29) is 5.91 Å². The highest BCUT2D eigenvalue weighted by Gasteiger charge is 2.62. The van der Waals surface area contributed by atoms with Gasteiger partial charge in [-0.2, -0.15) is 5.10 Å². The molecule has 2 aliphatic heterocycles. The minimum atomic E-state index is -0.509. The van der Waals surface area contributed by atoms with Gasteiger partial charge >= 0.3 is 0 Å². The number of amidine groups is 1. The average molecular weight is 393 g/mol. The molecule has 3 aliphatic rings. The van der Waals surface area contributed by atoms with Crippen LogP contribution in [0.25, 0.3) is 0 Å². The maximum Gasteiger partial charge on any atom is 0.274 e. The molecule has 2 unspecified atom stereocenters. The van der Waals surface area contributed by atoms with Gasteiger partial charge in [0.05, 0.1) is 0 Å². The Morgan fingerprint density at radius 3 is 2.52 bits per heavy atom. The Balaban J connectivity index is 1.29. The van der Waals surface area contributed by atoms with E-state index in [4.69, 9.17) is 4.84 Å². The van der Waals surface area contributed by atoms with Crippen LogP contribution >= 0.6 is 0 Å². The van der Waals surface area contributed by atoms with Crippen molar-refractivity contribution in [3.05, 3.63) is 47.8 Å². The molecule has 7 heteroatoms. The quantitative estimate of drug-likeness (QED) is 0.864. The van der Waals surface area contributed by atoms with Crippen molar-refractivity contribution < 1.29 is 9.63 Å². The second-order valence-electron chi connectivity index (χ2n) is 9.09. The van der Waals surface area contributed by atoms with E-state index >= 15 is 0 Å². The summed E-state index contributed by atoms with van der Waals surface area (Å²) in [6.45, 7) is 9.74. The first-order valence-electron chi connectivity index (χ1n) is 10.3. The van der Waals surface area contributed by atoms with Gasteiger partial charge in [0.2, 0.25) is 5.72 Å². The number of nitrogens with zero attached hydrogens (tertiary/aromatic N) is 4. The van der Waals surface area contributed by atoms with Crippen molar-refractivity contribution in [2.45, 2.75) is 39.3 Å². The summed E-state index contributed by atoms with van der Waals surface area (Å²) in [6.07, 6.45) is 0. The molecule has 1 amide bonds. The van der Waals surface area contributed by atoms with Crippen molar-refractivity contribution in [2.24, 2.45) is 22.9 Å². The number of carbonyl (C=O) groups excluding carboxylic acids is 1. The molecule has 0 radical (unpaired) electrons. The number of anilines is 1. The van der Waals surface area contributed by atoms with Gasteiger partial charge in [0.1, 0.15) is 5.69 Å². The Kier molecular flexibility index (Phi) is 3.98. The highest BCUT2D eigenvalue weighted by molar-refractivity contribution is 6.03. The monoisotopic (exact) mass is 393 g/mol. The summed E-state index contributed by atoms with van der Waals surface area (Å²) in [6, 6.07) is 12.1. The van der Waals surface area contributed by atoms with Gasteiger partial charge in [-0.15, -0.1) is 0 Å². The van der Waals surface area contributed by atoms with E-state index in [1.807, 2.05) is 43.0 Å². The van der Waals surface area contributed by atoms with Crippen LogP contribution in [-0.4, -0.2) is 45.7 Å². The van der Waals surface area contributed by atoms with E-state index in [2.05, 4.69) is 46.2 Å². The maximum absolute atomic E-state index is 12.8. The Labute approximate surface area is 170 Å². The van der Waals surface area contributed by atoms with Crippen molar-refractivity contribution >= 4 is 17.4 Å². The fourth-order valence-corrected chi connectivity index (χ4v) is 4.73. The third-order valence-electron chi connectivity index (χ3n) is 6.36. The van der Waals surface area contributed by atoms with Gasteiger partial charge in [-0.3, -0.25) is 14.8 Å². The van der Waals surface area contributed by atoms with E-state index in [0.29, 0.717) is 29.4 Å². The van der Waals surface area contributed by atoms with Gasteiger partial charge in [0.25, 0.3) is 5.91 Å². The predicted octanol–water partition coefficient (Wildman–Crippen LogP) is 3.44. The van der Waals surface area contributed by atoms with E-state index in [0.717, 1.165) is 30.3 Å². The fraction of sp³-hybridized carbons (Fsp3) is 0.500. The molecule has 3 heterocycles. The van der Waals surface area contributed by atoms with Crippen molar-refractivity contribution in [3.8, 4) is 0 Å². The van der Waals surface area contributed by atoms with Crippen LogP contribution in [0.15, 0.2) is 41.6 Å². The van der Waals surface area contributed by atoms with Crippen LogP contribution < -0.4 is 4.90 Å². The van der Waals surface area contributed by atoms with Crippen LogP contribution in [0.3, 0.4) is 0 Å². The number of amides is 1. The zero-order chi connectivity index (χ0) is 20.3. The molecule has 7 nitrogen and oxygen atoms in total. The number of fused-ring (bicyclic) bond motifs is 1. The van der Waals surface area contributed by atoms with Crippen LogP contribution in [0.1, 0.15) is 49.8 Å². The number of para-hydroxylation sites is 1. The van der Waals surface area contributed by atoms with Crippen molar-refractivity contribution in [2.75, 3.05) is 18.0 Å². The van der Waals surface area contributed by atoms with Crippen molar-refractivity contribution in [1.82, 2.24) is 15.1 Å². The van der Waals surface area contributed by atoms with Crippen molar-refractivity contribution in [1.29, 1.82) is 0 Å². The highest BCUT2D eigenvalue weighted by atomic mass is 16.7. The molecule has 1 aromatic heterocycles. The Bertz CT molecular complexity index is 953.